The molecule has 1 atom stereocenters. The molecule has 0 spiro atoms. The molecule has 108 valence electrons. The fourth-order valence-electron chi connectivity index (χ4n) is 2.47. The number of halogens is 1. The van der Waals surface area contributed by atoms with Crippen LogP contribution in [0.3, 0.4) is 0 Å². The van der Waals surface area contributed by atoms with Crippen molar-refractivity contribution in [3.05, 3.63) is 70.7 Å². The van der Waals surface area contributed by atoms with Crippen LogP contribution in [0.4, 0.5) is 0 Å². The number of hydrogen-bond donors (Lipinski definition) is 2. The second-order valence-electron chi connectivity index (χ2n) is 5.39. The molecular formula is C17H16ClNO2. The lowest BCUT2D eigenvalue weighted by Gasteiger charge is -2.20. The van der Waals surface area contributed by atoms with Gasteiger partial charge in [0.15, 0.2) is 6.10 Å². The molecule has 1 unspecified atom stereocenters. The first-order chi connectivity index (χ1) is 10.1. The first kappa shape index (κ1) is 14.1. The molecule has 0 bridgehead atoms. The number of carbonyl (C=O) groups excluding carboxylic acids is 1. The average molecular weight is 302 g/mol. The lowest BCUT2D eigenvalue weighted by molar-refractivity contribution is -0.130. The number of nitrogens with one attached hydrogen (secondary N) is 1. The SMILES string of the molecule is O=C(NC1(c2ccc(Cl)cc2)CC1)C(O)c1ccccc1. The van der Waals surface area contributed by atoms with Crippen molar-refractivity contribution in [2.24, 2.45) is 0 Å². The lowest BCUT2D eigenvalue weighted by atomic mass is 10.0. The molecule has 4 heteroatoms. The predicted octanol–water partition coefficient (Wildman–Crippen LogP) is 3.18. The van der Waals surface area contributed by atoms with Crippen LogP contribution >= 0.6 is 11.6 Å². The lowest BCUT2D eigenvalue weighted by Crippen LogP contribution is -2.38. The molecule has 0 heterocycles. The van der Waals surface area contributed by atoms with Crippen molar-refractivity contribution in [2.75, 3.05) is 0 Å². The Kier molecular flexibility index (Phi) is 3.70. The van der Waals surface area contributed by atoms with Gasteiger partial charge in [0.25, 0.3) is 5.91 Å². The van der Waals surface area contributed by atoms with Gasteiger partial charge in [0.2, 0.25) is 0 Å². The largest absolute Gasteiger partial charge is 0.378 e. The van der Waals surface area contributed by atoms with Gasteiger partial charge in [-0.05, 0) is 36.1 Å². The van der Waals surface area contributed by atoms with Crippen LogP contribution in [-0.4, -0.2) is 11.0 Å². The molecule has 1 fully saturated rings. The first-order valence-electron chi connectivity index (χ1n) is 6.92. The van der Waals surface area contributed by atoms with E-state index in [0.717, 1.165) is 18.4 Å². The van der Waals surface area contributed by atoms with Gasteiger partial charge in [-0.3, -0.25) is 4.79 Å². The fourth-order valence-corrected chi connectivity index (χ4v) is 2.60. The van der Waals surface area contributed by atoms with Gasteiger partial charge in [-0.2, -0.15) is 0 Å². The van der Waals surface area contributed by atoms with Crippen LogP contribution in [0, 0.1) is 0 Å². The Bertz CT molecular complexity index is 636. The normalized spacial score (nSPS) is 17.0. The number of rotatable bonds is 4. The molecule has 0 aliphatic heterocycles. The van der Waals surface area contributed by atoms with Crippen molar-refractivity contribution in [3.8, 4) is 0 Å². The molecule has 3 rings (SSSR count). The van der Waals surface area contributed by atoms with E-state index in [0.29, 0.717) is 10.6 Å². The van der Waals surface area contributed by atoms with Crippen LogP contribution in [0.2, 0.25) is 5.02 Å². The number of aliphatic hydroxyl groups excluding tert-OH is 1. The summed E-state index contributed by atoms with van der Waals surface area (Å²) in [5, 5.41) is 13.8. The van der Waals surface area contributed by atoms with Gasteiger partial charge in [-0.25, -0.2) is 0 Å². The highest BCUT2D eigenvalue weighted by atomic mass is 35.5. The zero-order valence-electron chi connectivity index (χ0n) is 11.4. The highest BCUT2D eigenvalue weighted by molar-refractivity contribution is 6.30. The third-order valence-corrected chi connectivity index (χ3v) is 4.12. The molecular weight excluding hydrogens is 286 g/mol. The zero-order chi connectivity index (χ0) is 14.9. The molecule has 0 saturated heterocycles. The van der Waals surface area contributed by atoms with Crippen LogP contribution < -0.4 is 5.32 Å². The second kappa shape index (κ2) is 5.51. The minimum atomic E-state index is -1.14. The Balaban J connectivity index is 1.74. The van der Waals surface area contributed by atoms with E-state index >= 15 is 0 Å². The molecule has 2 aromatic rings. The van der Waals surface area contributed by atoms with Crippen LogP contribution in [0.5, 0.6) is 0 Å². The van der Waals surface area contributed by atoms with Crippen LogP contribution in [0.1, 0.15) is 30.1 Å². The summed E-state index contributed by atoms with van der Waals surface area (Å²) in [4.78, 5) is 12.3. The summed E-state index contributed by atoms with van der Waals surface area (Å²) in [6.45, 7) is 0. The van der Waals surface area contributed by atoms with E-state index in [1.807, 2.05) is 30.3 Å². The maximum Gasteiger partial charge on any atom is 0.254 e. The molecule has 0 aromatic heterocycles. The van der Waals surface area contributed by atoms with E-state index < -0.39 is 6.10 Å². The Morgan fingerprint density at radius 2 is 1.71 bits per heavy atom. The highest BCUT2D eigenvalue weighted by Crippen LogP contribution is 2.46. The van der Waals surface area contributed by atoms with E-state index in [1.165, 1.54) is 0 Å². The fraction of sp³-hybridized carbons (Fsp3) is 0.235. The minimum absolute atomic E-state index is 0.350. The van der Waals surface area contributed by atoms with Crippen molar-refractivity contribution >= 4 is 17.5 Å². The summed E-state index contributed by atoms with van der Waals surface area (Å²) in [5.74, 6) is -0.367. The summed E-state index contributed by atoms with van der Waals surface area (Å²) in [7, 11) is 0. The number of benzene rings is 2. The summed E-state index contributed by atoms with van der Waals surface area (Å²) < 4.78 is 0. The van der Waals surface area contributed by atoms with Gasteiger partial charge in [-0.15, -0.1) is 0 Å². The van der Waals surface area contributed by atoms with Gasteiger partial charge in [0, 0.05) is 5.02 Å². The number of carbonyl (C=O) groups is 1. The minimum Gasteiger partial charge on any atom is -0.378 e. The molecule has 2 aromatic carbocycles. The smallest absolute Gasteiger partial charge is 0.254 e. The molecule has 0 radical (unpaired) electrons. The van der Waals surface area contributed by atoms with Crippen molar-refractivity contribution in [1.82, 2.24) is 5.32 Å². The summed E-state index contributed by atoms with van der Waals surface area (Å²) in [6, 6.07) is 16.4. The highest BCUT2D eigenvalue weighted by Gasteiger charge is 2.46. The van der Waals surface area contributed by atoms with E-state index in [1.54, 1.807) is 24.3 Å². The van der Waals surface area contributed by atoms with Gasteiger partial charge in [0.05, 0.1) is 5.54 Å². The zero-order valence-corrected chi connectivity index (χ0v) is 12.2. The van der Waals surface area contributed by atoms with E-state index in [4.69, 9.17) is 11.6 Å². The molecule has 1 aliphatic carbocycles. The van der Waals surface area contributed by atoms with Crippen molar-refractivity contribution in [3.63, 3.8) is 0 Å². The Morgan fingerprint density at radius 1 is 1.10 bits per heavy atom. The maximum absolute atomic E-state index is 12.3. The van der Waals surface area contributed by atoms with Gasteiger partial charge < -0.3 is 10.4 Å². The standard InChI is InChI=1S/C17H16ClNO2/c18-14-8-6-13(7-9-14)17(10-11-17)19-16(21)15(20)12-4-2-1-3-5-12/h1-9,15,20H,10-11H2,(H,19,21). The molecule has 1 amide bonds. The number of aliphatic hydroxyl groups is 1. The Labute approximate surface area is 128 Å². The predicted molar refractivity (Wildman–Crippen MR) is 81.9 cm³/mol. The molecule has 1 aliphatic rings. The summed E-state index contributed by atoms with van der Waals surface area (Å²) in [6.07, 6.45) is 0.611. The molecule has 3 nitrogen and oxygen atoms in total. The van der Waals surface area contributed by atoms with E-state index in [2.05, 4.69) is 5.32 Å². The van der Waals surface area contributed by atoms with Gasteiger partial charge >= 0.3 is 0 Å². The van der Waals surface area contributed by atoms with Crippen LogP contribution in [0.15, 0.2) is 54.6 Å². The van der Waals surface area contributed by atoms with Crippen molar-refractivity contribution in [2.45, 2.75) is 24.5 Å². The summed E-state index contributed by atoms with van der Waals surface area (Å²) >= 11 is 5.89. The average Bonchev–Trinajstić information content (AvgIpc) is 3.28. The second-order valence-corrected chi connectivity index (χ2v) is 5.83. The van der Waals surface area contributed by atoms with Gasteiger partial charge in [0.1, 0.15) is 0 Å². The quantitative estimate of drug-likeness (QED) is 0.911. The third-order valence-electron chi connectivity index (χ3n) is 3.87. The molecule has 2 N–H and O–H groups in total. The van der Waals surface area contributed by atoms with E-state index in [-0.39, 0.29) is 11.4 Å². The Hall–Kier alpha value is -1.84. The maximum atomic E-state index is 12.3. The number of hydrogen-bond acceptors (Lipinski definition) is 2. The topological polar surface area (TPSA) is 49.3 Å². The van der Waals surface area contributed by atoms with Gasteiger partial charge in [-0.1, -0.05) is 54.1 Å². The van der Waals surface area contributed by atoms with E-state index in [9.17, 15) is 9.90 Å². The van der Waals surface area contributed by atoms with Crippen LogP contribution in [-0.2, 0) is 10.3 Å². The summed E-state index contributed by atoms with van der Waals surface area (Å²) in [5.41, 5.74) is 1.28. The number of amides is 1. The third kappa shape index (κ3) is 2.94. The molecule has 21 heavy (non-hydrogen) atoms. The monoisotopic (exact) mass is 301 g/mol. The molecule has 1 saturated carbocycles. The Morgan fingerprint density at radius 3 is 2.29 bits per heavy atom. The first-order valence-corrected chi connectivity index (χ1v) is 7.30. The van der Waals surface area contributed by atoms with Crippen LogP contribution in [0.25, 0.3) is 0 Å². The van der Waals surface area contributed by atoms with Crippen molar-refractivity contribution in [1.29, 1.82) is 0 Å². The van der Waals surface area contributed by atoms with Crippen molar-refractivity contribution < 1.29 is 9.90 Å².